The van der Waals surface area contributed by atoms with Crippen molar-refractivity contribution in [3.8, 4) is 5.75 Å². The van der Waals surface area contributed by atoms with Crippen molar-refractivity contribution in [2.45, 2.75) is 31.0 Å². The van der Waals surface area contributed by atoms with Crippen LogP contribution in [0.4, 0.5) is 4.39 Å². The summed E-state index contributed by atoms with van der Waals surface area (Å²) in [6.45, 7) is 3.15. The molecule has 0 spiro atoms. The number of amides is 1. The second-order valence-electron chi connectivity index (χ2n) is 5.64. The van der Waals surface area contributed by atoms with Crippen LogP contribution in [0.2, 0.25) is 0 Å². The fraction of sp³-hybridized carbons (Fsp3) is 0.438. The molecule has 1 saturated heterocycles. The van der Waals surface area contributed by atoms with E-state index in [2.05, 4.69) is 15.2 Å². The van der Waals surface area contributed by atoms with Gasteiger partial charge in [0, 0.05) is 25.9 Å². The van der Waals surface area contributed by atoms with E-state index in [0.29, 0.717) is 29.7 Å². The smallest absolute Gasteiger partial charge is 0.233 e. The monoisotopic (exact) mass is 350 g/mol. The van der Waals surface area contributed by atoms with Crippen LogP contribution in [0, 0.1) is 12.7 Å². The second kappa shape index (κ2) is 7.65. The fourth-order valence-corrected chi connectivity index (χ4v) is 3.28. The number of benzene rings is 1. The van der Waals surface area contributed by atoms with Crippen molar-refractivity contribution in [1.82, 2.24) is 20.1 Å². The first kappa shape index (κ1) is 16.8. The number of nitrogens with one attached hydrogen (secondary N) is 1. The molecule has 3 rings (SSSR count). The van der Waals surface area contributed by atoms with Crippen molar-refractivity contribution in [2.75, 3.05) is 18.8 Å². The number of piperidine rings is 1. The number of aromatic amines is 1. The molecule has 0 aliphatic carbocycles. The SMILES string of the molecule is Cc1nc(SCC(=O)N2CCC(Oc3ccc(F)cc3)CC2)n[nH]1. The summed E-state index contributed by atoms with van der Waals surface area (Å²) in [6, 6.07) is 6.02. The van der Waals surface area contributed by atoms with E-state index in [1.807, 2.05) is 11.8 Å². The minimum atomic E-state index is -0.276. The normalized spacial score (nSPS) is 15.5. The van der Waals surface area contributed by atoms with Crippen LogP contribution in [-0.2, 0) is 4.79 Å². The molecule has 24 heavy (non-hydrogen) atoms. The average Bonchev–Trinajstić information content (AvgIpc) is 3.01. The van der Waals surface area contributed by atoms with Crippen molar-refractivity contribution < 1.29 is 13.9 Å². The first-order chi connectivity index (χ1) is 11.6. The summed E-state index contributed by atoms with van der Waals surface area (Å²) in [7, 11) is 0. The van der Waals surface area contributed by atoms with E-state index in [0.717, 1.165) is 18.7 Å². The number of H-pyrrole nitrogens is 1. The maximum absolute atomic E-state index is 12.9. The molecule has 2 heterocycles. The summed E-state index contributed by atoms with van der Waals surface area (Å²) in [5.41, 5.74) is 0. The first-order valence-electron chi connectivity index (χ1n) is 7.82. The lowest BCUT2D eigenvalue weighted by molar-refractivity contribution is -0.130. The number of likely N-dealkylation sites (tertiary alicyclic amines) is 1. The van der Waals surface area contributed by atoms with Crippen LogP contribution < -0.4 is 4.74 Å². The van der Waals surface area contributed by atoms with Gasteiger partial charge in [-0.2, -0.15) is 0 Å². The van der Waals surface area contributed by atoms with Gasteiger partial charge >= 0.3 is 0 Å². The number of rotatable bonds is 5. The zero-order valence-corrected chi connectivity index (χ0v) is 14.2. The largest absolute Gasteiger partial charge is 0.490 e. The highest BCUT2D eigenvalue weighted by atomic mass is 32.2. The van der Waals surface area contributed by atoms with Crippen LogP contribution in [0.15, 0.2) is 29.4 Å². The van der Waals surface area contributed by atoms with E-state index in [1.165, 1.54) is 23.9 Å². The van der Waals surface area contributed by atoms with Crippen LogP contribution >= 0.6 is 11.8 Å². The topological polar surface area (TPSA) is 71.1 Å². The molecule has 8 heteroatoms. The molecule has 0 unspecified atom stereocenters. The third kappa shape index (κ3) is 4.47. The zero-order valence-electron chi connectivity index (χ0n) is 13.4. The standard InChI is InChI=1S/C16H19FN4O2S/c1-11-18-16(20-19-11)24-10-15(22)21-8-6-14(7-9-21)23-13-4-2-12(17)3-5-13/h2-5,14H,6-10H2,1H3,(H,18,19,20). The zero-order chi connectivity index (χ0) is 16.9. The summed E-state index contributed by atoms with van der Waals surface area (Å²) in [5.74, 6) is 1.55. The summed E-state index contributed by atoms with van der Waals surface area (Å²) < 4.78 is 18.7. The van der Waals surface area contributed by atoms with Gasteiger partial charge in [0.15, 0.2) is 0 Å². The third-order valence-corrected chi connectivity index (χ3v) is 4.64. The van der Waals surface area contributed by atoms with Crippen molar-refractivity contribution in [1.29, 1.82) is 0 Å². The van der Waals surface area contributed by atoms with Crippen LogP contribution in [-0.4, -0.2) is 50.9 Å². The van der Waals surface area contributed by atoms with Crippen LogP contribution in [0.5, 0.6) is 5.75 Å². The molecule has 2 aromatic rings. The van der Waals surface area contributed by atoms with Gasteiger partial charge in [0.25, 0.3) is 0 Å². The molecule has 128 valence electrons. The molecule has 1 N–H and O–H groups in total. The van der Waals surface area contributed by atoms with E-state index in [9.17, 15) is 9.18 Å². The Kier molecular flexibility index (Phi) is 5.34. The number of aromatic nitrogens is 3. The number of thioether (sulfide) groups is 1. The minimum absolute atomic E-state index is 0.0582. The predicted octanol–water partition coefficient (Wildman–Crippen LogP) is 2.41. The van der Waals surface area contributed by atoms with E-state index < -0.39 is 0 Å². The molecule has 0 radical (unpaired) electrons. The number of nitrogens with zero attached hydrogens (tertiary/aromatic N) is 3. The van der Waals surface area contributed by atoms with Gasteiger partial charge in [0.2, 0.25) is 11.1 Å². The number of hydrogen-bond donors (Lipinski definition) is 1. The van der Waals surface area contributed by atoms with Crippen molar-refractivity contribution in [3.63, 3.8) is 0 Å². The quantitative estimate of drug-likeness (QED) is 0.839. The summed E-state index contributed by atoms with van der Waals surface area (Å²) in [6.07, 6.45) is 1.60. The lowest BCUT2D eigenvalue weighted by Crippen LogP contribution is -2.42. The molecular formula is C16H19FN4O2S. The number of hydrogen-bond acceptors (Lipinski definition) is 5. The van der Waals surface area contributed by atoms with Gasteiger partial charge in [0.1, 0.15) is 23.5 Å². The lowest BCUT2D eigenvalue weighted by Gasteiger charge is -2.32. The van der Waals surface area contributed by atoms with Crippen LogP contribution in [0.1, 0.15) is 18.7 Å². The van der Waals surface area contributed by atoms with Crippen LogP contribution in [0.25, 0.3) is 0 Å². The van der Waals surface area contributed by atoms with Gasteiger partial charge in [0.05, 0.1) is 5.75 Å². The molecule has 1 aliphatic heterocycles. The van der Waals surface area contributed by atoms with E-state index in [4.69, 9.17) is 4.74 Å². The molecule has 1 amide bonds. The summed E-state index contributed by atoms with van der Waals surface area (Å²) in [5, 5.41) is 7.36. The fourth-order valence-electron chi connectivity index (χ4n) is 2.53. The van der Waals surface area contributed by atoms with Gasteiger partial charge in [-0.25, -0.2) is 9.37 Å². The Hall–Kier alpha value is -2.09. The van der Waals surface area contributed by atoms with Gasteiger partial charge in [-0.1, -0.05) is 11.8 Å². The molecule has 1 aromatic heterocycles. The summed E-state index contributed by atoms with van der Waals surface area (Å²) >= 11 is 1.34. The number of carbonyl (C=O) groups excluding carboxylic acids is 1. The van der Waals surface area contributed by atoms with Crippen molar-refractivity contribution in [3.05, 3.63) is 35.9 Å². The molecular weight excluding hydrogens is 331 g/mol. The highest BCUT2D eigenvalue weighted by molar-refractivity contribution is 7.99. The van der Waals surface area contributed by atoms with Gasteiger partial charge in [-0.3, -0.25) is 9.89 Å². The lowest BCUT2D eigenvalue weighted by atomic mass is 10.1. The highest BCUT2D eigenvalue weighted by Gasteiger charge is 2.24. The maximum atomic E-state index is 12.9. The predicted molar refractivity (Wildman–Crippen MR) is 88.5 cm³/mol. The molecule has 0 bridgehead atoms. The third-order valence-electron chi connectivity index (χ3n) is 3.81. The minimum Gasteiger partial charge on any atom is -0.490 e. The Morgan fingerprint density at radius 3 is 2.71 bits per heavy atom. The highest BCUT2D eigenvalue weighted by Crippen LogP contribution is 2.20. The van der Waals surface area contributed by atoms with E-state index in [1.54, 1.807) is 12.1 Å². The Morgan fingerprint density at radius 2 is 2.08 bits per heavy atom. The van der Waals surface area contributed by atoms with Crippen molar-refractivity contribution in [2.24, 2.45) is 0 Å². The van der Waals surface area contributed by atoms with E-state index >= 15 is 0 Å². The Labute approximate surface area is 143 Å². The van der Waals surface area contributed by atoms with Crippen LogP contribution in [0.3, 0.4) is 0 Å². The number of halogens is 1. The molecule has 1 aliphatic rings. The molecule has 0 atom stereocenters. The number of aryl methyl sites for hydroxylation is 1. The maximum Gasteiger partial charge on any atom is 0.233 e. The molecule has 0 saturated carbocycles. The molecule has 1 fully saturated rings. The van der Waals surface area contributed by atoms with Gasteiger partial charge < -0.3 is 9.64 Å². The summed E-state index contributed by atoms with van der Waals surface area (Å²) in [4.78, 5) is 18.3. The average molecular weight is 350 g/mol. The number of carbonyl (C=O) groups is 1. The van der Waals surface area contributed by atoms with Gasteiger partial charge in [-0.15, -0.1) is 5.10 Å². The Bertz CT molecular complexity index is 684. The second-order valence-corrected chi connectivity index (χ2v) is 6.59. The Morgan fingerprint density at radius 1 is 1.38 bits per heavy atom. The molecule has 6 nitrogen and oxygen atoms in total. The Balaban J connectivity index is 1.42. The van der Waals surface area contributed by atoms with Crippen molar-refractivity contribution >= 4 is 17.7 Å². The van der Waals surface area contributed by atoms with Gasteiger partial charge in [-0.05, 0) is 31.2 Å². The molecule has 1 aromatic carbocycles. The first-order valence-corrected chi connectivity index (χ1v) is 8.80. The van der Waals surface area contributed by atoms with E-state index in [-0.39, 0.29) is 17.8 Å². The number of ether oxygens (including phenoxy) is 1.